The number of carbonyl (C=O) groups excluding carboxylic acids is 1. The molecule has 1 heterocycles. The van der Waals surface area contributed by atoms with Gasteiger partial charge in [0.05, 0.1) is 18.6 Å². The van der Waals surface area contributed by atoms with Gasteiger partial charge in [0.15, 0.2) is 0 Å². The third-order valence-corrected chi connectivity index (χ3v) is 4.16. The summed E-state index contributed by atoms with van der Waals surface area (Å²) in [6, 6.07) is 0. The maximum Gasteiger partial charge on any atom is 0.314 e. The number of esters is 1. The van der Waals surface area contributed by atoms with E-state index in [1.54, 1.807) is 0 Å². The van der Waals surface area contributed by atoms with Gasteiger partial charge in [0.1, 0.15) is 6.61 Å². The van der Waals surface area contributed by atoms with Crippen LogP contribution in [0, 0.1) is 16.7 Å². The molecule has 0 aromatic carbocycles. The fraction of sp³-hybridized carbons (Fsp3) is 0.929. The van der Waals surface area contributed by atoms with E-state index in [0.717, 1.165) is 0 Å². The van der Waals surface area contributed by atoms with E-state index in [-0.39, 0.29) is 17.3 Å². The summed E-state index contributed by atoms with van der Waals surface area (Å²) in [5, 5.41) is 0. The highest BCUT2D eigenvalue weighted by Crippen LogP contribution is 2.45. The lowest BCUT2D eigenvalue weighted by molar-refractivity contribution is -0.227. The first kappa shape index (κ1) is 15.4. The Kier molecular flexibility index (Phi) is 4.78. The van der Waals surface area contributed by atoms with Gasteiger partial charge in [-0.05, 0) is 18.3 Å². The third-order valence-electron chi connectivity index (χ3n) is 4.16. The van der Waals surface area contributed by atoms with Gasteiger partial charge in [-0.25, -0.2) is 0 Å². The van der Waals surface area contributed by atoms with Crippen LogP contribution in [0.3, 0.4) is 0 Å². The Morgan fingerprint density at radius 3 is 2.22 bits per heavy atom. The van der Waals surface area contributed by atoms with Gasteiger partial charge < -0.3 is 14.2 Å². The van der Waals surface area contributed by atoms with Gasteiger partial charge in [-0.15, -0.1) is 0 Å². The summed E-state index contributed by atoms with van der Waals surface area (Å²) in [5.41, 5.74) is -0.721. The van der Waals surface area contributed by atoms with Crippen molar-refractivity contribution in [2.45, 2.75) is 47.8 Å². The maximum atomic E-state index is 12.5. The Morgan fingerprint density at radius 1 is 1.22 bits per heavy atom. The molecule has 18 heavy (non-hydrogen) atoms. The molecule has 0 spiro atoms. The van der Waals surface area contributed by atoms with Crippen LogP contribution in [0.25, 0.3) is 0 Å². The predicted molar refractivity (Wildman–Crippen MR) is 69.1 cm³/mol. The molecule has 1 rings (SSSR count). The largest absolute Gasteiger partial charge is 0.433 e. The molecule has 2 atom stereocenters. The van der Waals surface area contributed by atoms with Crippen molar-refractivity contribution in [1.29, 1.82) is 0 Å². The Labute approximate surface area is 110 Å². The third kappa shape index (κ3) is 3.04. The average molecular weight is 258 g/mol. The van der Waals surface area contributed by atoms with Gasteiger partial charge in [-0.2, -0.15) is 0 Å². The Bertz CT molecular complexity index is 287. The van der Waals surface area contributed by atoms with Crippen LogP contribution in [0.5, 0.6) is 0 Å². The van der Waals surface area contributed by atoms with E-state index in [1.807, 2.05) is 20.8 Å². The minimum Gasteiger partial charge on any atom is -0.433 e. The summed E-state index contributed by atoms with van der Waals surface area (Å²) in [6.07, 6.45) is -0.563. The van der Waals surface area contributed by atoms with Gasteiger partial charge in [-0.1, -0.05) is 34.6 Å². The Morgan fingerprint density at radius 2 is 1.83 bits per heavy atom. The Hall–Kier alpha value is -0.610. The first-order chi connectivity index (χ1) is 8.19. The number of ether oxygens (including phenoxy) is 3. The first-order valence-electron chi connectivity index (χ1n) is 6.60. The van der Waals surface area contributed by atoms with Crippen molar-refractivity contribution in [3.63, 3.8) is 0 Å². The molecule has 1 aliphatic rings. The SMILES string of the molecule is CC(C)C(C)(C(=O)OC1COCCO1)C(C)(C)C. The minimum absolute atomic E-state index is 0.173. The molecule has 0 saturated carbocycles. The molecule has 0 bridgehead atoms. The number of carbonyl (C=O) groups is 1. The van der Waals surface area contributed by atoms with Crippen molar-refractivity contribution in [2.75, 3.05) is 19.8 Å². The molecule has 0 amide bonds. The summed E-state index contributed by atoms with van der Waals surface area (Å²) in [7, 11) is 0. The zero-order valence-electron chi connectivity index (χ0n) is 12.4. The van der Waals surface area contributed by atoms with E-state index >= 15 is 0 Å². The molecule has 2 unspecified atom stereocenters. The summed E-state index contributed by atoms with van der Waals surface area (Å²) in [6.45, 7) is 13.6. The van der Waals surface area contributed by atoms with Gasteiger partial charge in [-0.3, -0.25) is 4.79 Å². The van der Waals surface area contributed by atoms with Gasteiger partial charge in [0.2, 0.25) is 6.29 Å². The van der Waals surface area contributed by atoms with Crippen LogP contribution in [0.2, 0.25) is 0 Å². The van der Waals surface area contributed by atoms with E-state index in [2.05, 4.69) is 20.8 Å². The van der Waals surface area contributed by atoms with Crippen molar-refractivity contribution in [3.8, 4) is 0 Å². The summed E-state index contributed by atoms with van der Waals surface area (Å²) in [5.74, 6) is -0.0185. The lowest BCUT2D eigenvalue weighted by Crippen LogP contribution is -2.48. The second-order valence-electron chi connectivity index (χ2n) is 6.39. The molecule has 1 aliphatic heterocycles. The van der Waals surface area contributed by atoms with Crippen LogP contribution in [0.4, 0.5) is 0 Å². The van der Waals surface area contributed by atoms with Crippen molar-refractivity contribution in [2.24, 2.45) is 16.7 Å². The van der Waals surface area contributed by atoms with Crippen LogP contribution in [0.15, 0.2) is 0 Å². The molecule has 0 N–H and O–H groups in total. The van der Waals surface area contributed by atoms with E-state index in [1.165, 1.54) is 0 Å². The molecule has 1 saturated heterocycles. The van der Waals surface area contributed by atoms with Crippen LogP contribution < -0.4 is 0 Å². The lowest BCUT2D eigenvalue weighted by atomic mass is 9.62. The van der Waals surface area contributed by atoms with Crippen LogP contribution in [-0.4, -0.2) is 32.1 Å². The van der Waals surface area contributed by atoms with Crippen molar-refractivity contribution < 1.29 is 19.0 Å². The fourth-order valence-electron chi connectivity index (χ4n) is 2.18. The first-order valence-corrected chi connectivity index (χ1v) is 6.60. The predicted octanol–water partition coefficient (Wildman–Crippen LogP) is 2.61. The zero-order valence-corrected chi connectivity index (χ0v) is 12.4. The van der Waals surface area contributed by atoms with E-state index in [4.69, 9.17) is 14.2 Å². The van der Waals surface area contributed by atoms with E-state index < -0.39 is 11.7 Å². The molecule has 0 aromatic heterocycles. The highest BCUT2D eigenvalue weighted by Gasteiger charge is 2.48. The average Bonchev–Trinajstić information content (AvgIpc) is 2.27. The molecule has 106 valence electrons. The molecule has 0 radical (unpaired) electrons. The van der Waals surface area contributed by atoms with E-state index in [9.17, 15) is 4.79 Å². The molecular weight excluding hydrogens is 232 g/mol. The van der Waals surface area contributed by atoms with Crippen molar-refractivity contribution in [3.05, 3.63) is 0 Å². The second kappa shape index (κ2) is 5.57. The monoisotopic (exact) mass is 258 g/mol. The van der Waals surface area contributed by atoms with Gasteiger partial charge >= 0.3 is 5.97 Å². The van der Waals surface area contributed by atoms with Crippen molar-refractivity contribution >= 4 is 5.97 Å². The number of hydrogen-bond acceptors (Lipinski definition) is 4. The van der Waals surface area contributed by atoms with Gasteiger partial charge in [0.25, 0.3) is 0 Å². The smallest absolute Gasteiger partial charge is 0.314 e. The summed E-state index contributed by atoms with van der Waals surface area (Å²) in [4.78, 5) is 12.5. The highest BCUT2D eigenvalue weighted by atomic mass is 16.7. The van der Waals surface area contributed by atoms with Crippen molar-refractivity contribution in [1.82, 2.24) is 0 Å². The molecular formula is C14H26O4. The number of hydrogen-bond donors (Lipinski definition) is 0. The van der Waals surface area contributed by atoms with Crippen LogP contribution >= 0.6 is 0 Å². The van der Waals surface area contributed by atoms with Crippen LogP contribution in [0.1, 0.15) is 41.5 Å². The quantitative estimate of drug-likeness (QED) is 0.730. The minimum atomic E-state index is -0.563. The molecule has 4 nitrogen and oxygen atoms in total. The standard InChI is InChI=1S/C14H26O4/c1-10(2)14(6,13(3,4)5)12(15)18-11-9-16-7-8-17-11/h10-11H,7-9H2,1-6H3. The van der Waals surface area contributed by atoms with Crippen LogP contribution in [-0.2, 0) is 19.0 Å². The molecule has 1 fully saturated rings. The molecule has 4 heteroatoms. The second-order valence-corrected chi connectivity index (χ2v) is 6.39. The fourth-order valence-corrected chi connectivity index (χ4v) is 2.18. The topological polar surface area (TPSA) is 44.8 Å². The summed E-state index contributed by atoms with van der Waals surface area (Å²) < 4.78 is 16.1. The highest BCUT2D eigenvalue weighted by molar-refractivity contribution is 5.77. The maximum absolute atomic E-state index is 12.5. The zero-order chi connectivity index (χ0) is 14.0. The number of rotatable bonds is 3. The Balaban J connectivity index is 2.77. The molecule has 0 aromatic rings. The summed E-state index contributed by atoms with van der Waals surface area (Å²) >= 11 is 0. The van der Waals surface area contributed by atoms with Gasteiger partial charge in [0, 0.05) is 0 Å². The lowest BCUT2D eigenvalue weighted by Gasteiger charge is -2.43. The van der Waals surface area contributed by atoms with E-state index in [0.29, 0.717) is 19.8 Å². The normalized spacial score (nSPS) is 24.7. The molecule has 0 aliphatic carbocycles.